The summed E-state index contributed by atoms with van der Waals surface area (Å²) in [5.41, 5.74) is 5.15. The maximum absolute atomic E-state index is 10.5. The van der Waals surface area contributed by atoms with Crippen LogP contribution in [0.2, 0.25) is 0 Å². The highest BCUT2D eigenvalue weighted by molar-refractivity contribution is 5.80. The fraction of sp³-hybridized carbons (Fsp3) is 0.200. The van der Waals surface area contributed by atoms with Gasteiger partial charge in [-0.25, -0.2) is 4.79 Å². The van der Waals surface area contributed by atoms with E-state index in [-0.39, 0.29) is 0 Å². The number of aliphatic carboxylic acids is 1. The Balaban J connectivity index is 1.75. The van der Waals surface area contributed by atoms with Crippen molar-refractivity contribution in [1.29, 1.82) is 0 Å². The van der Waals surface area contributed by atoms with E-state index >= 15 is 0 Å². The summed E-state index contributed by atoms with van der Waals surface area (Å²) in [4.78, 5) is 15.3. The number of carbonyl (C=O) groups is 1. The third-order valence-corrected chi connectivity index (χ3v) is 4.39. The van der Waals surface area contributed by atoms with Crippen LogP contribution in [0.4, 0.5) is 0 Å². The Bertz CT molecular complexity index is 1060. The molecule has 3 rings (SSSR count). The summed E-state index contributed by atoms with van der Waals surface area (Å²) in [5, 5.41) is 12.3. The van der Waals surface area contributed by atoms with E-state index in [0.29, 0.717) is 30.3 Å². The molecule has 1 N–H and O–H groups in total. The zero-order valence-electron chi connectivity index (χ0n) is 17.6. The van der Waals surface area contributed by atoms with Crippen molar-refractivity contribution in [1.82, 2.24) is 0 Å². The monoisotopic (exact) mass is 419 g/mol. The molecule has 0 aliphatic heterocycles. The first-order valence-electron chi connectivity index (χ1n) is 9.87. The lowest BCUT2D eigenvalue weighted by Gasteiger charge is -2.14. The first kappa shape index (κ1) is 21.9. The van der Waals surface area contributed by atoms with Crippen LogP contribution in [0.25, 0.3) is 0 Å². The molecule has 0 aliphatic rings. The van der Waals surface area contributed by atoms with Gasteiger partial charge in [0.25, 0.3) is 0 Å². The minimum absolute atomic E-state index is 0.387. The molecule has 0 bridgehead atoms. The van der Waals surface area contributed by atoms with Crippen molar-refractivity contribution in [3.05, 3.63) is 94.5 Å². The second-order valence-corrected chi connectivity index (χ2v) is 7.16. The van der Waals surface area contributed by atoms with E-state index in [0.717, 1.165) is 16.7 Å². The molecule has 0 saturated carbocycles. The molecule has 160 valence electrons. The van der Waals surface area contributed by atoms with Crippen LogP contribution in [0.5, 0.6) is 11.5 Å². The first-order chi connectivity index (χ1) is 15.0. The standard InChI is InChI=1S/C25H25NO5/c1-18-5-3-7-21(11-18)15-29-23-10-9-20(14-26-31-17-25(27)28)13-24(23)30-16-22-8-4-6-19(2)12-22/h3-14H,15-17H2,1-2H3,(H,27,28). The number of nitrogens with zero attached hydrogens (tertiary/aromatic N) is 1. The van der Waals surface area contributed by atoms with Gasteiger partial charge in [-0.3, -0.25) is 0 Å². The molecule has 3 aromatic carbocycles. The summed E-state index contributed by atoms with van der Waals surface area (Å²) in [7, 11) is 0. The lowest BCUT2D eigenvalue weighted by molar-refractivity contribution is -0.142. The van der Waals surface area contributed by atoms with Crippen LogP contribution in [-0.2, 0) is 22.8 Å². The van der Waals surface area contributed by atoms with Crippen LogP contribution in [0, 0.1) is 13.8 Å². The molecular formula is C25H25NO5. The fourth-order valence-corrected chi connectivity index (χ4v) is 2.95. The van der Waals surface area contributed by atoms with Crippen LogP contribution in [0.15, 0.2) is 71.9 Å². The molecule has 0 fully saturated rings. The Morgan fingerprint density at radius 3 is 2.06 bits per heavy atom. The molecule has 0 amide bonds. The minimum Gasteiger partial charge on any atom is -0.485 e. The Morgan fingerprint density at radius 2 is 1.48 bits per heavy atom. The van der Waals surface area contributed by atoms with E-state index < -0.39 is 12.6 Å². The Kier molecular flexibility index (Phi) is 7.65. The van der Waals surface area contributed by atoms with E-state index in [1.807, 2.05) is 50.2 Å². The van der Waals surface area contributed by atoms with Gasteiger partial charge in [0.1, 0.15) is 13.2 Å². The molecule has 0 aromatic heterocycles. The zero-order valence-corrected chi connectivity index (χ0v) is 17.6. The molecular weight excluding hydrogens is 394 g/mol. The average Bonchev–Trinajstić information content (AvgIpc) is 2.74. The van der Waals surface area contributed by atoms with Crippen LogP contribution < -0.4 is 9.47 Å². The number of rotatable bonds is 10. The Morgan fingerprint density at radius 1 is 0.871 bits per heavy atom. The average molecular weight is 419 g/mol. The van der Waals surface area contributed by atoms with E-state index in [1.54, 1.807) is 18.2 Å². The highest BCUT2D eigenvalue weighted by atomic mass is 16.6. The molecule has 0 aliphatic carbocycles. The van der Waals surface area contributed by atoms with Crippen LogP contribution in [0.1, 0.15) is 27.8 Å². The smallest absolute Gasteiger partial charge is 0.344 e. The number of hydrogen-bond donors (Lipinski definition) is 1. The molecule has 0 heterocycles. The Labute approximate surface area is 181 Å². The summed E-state index contributed by atoms with van der Waals surface area (Å²) in [5.74, 6) is 0.0910. The SMILES string of the molecule is Cc1cccc(COc2ccc(C=NOCC(=O)O)cc2OCc2cccc(C)c2)c1. The zero-order chi connectivity index (χ0) is 22.1. The van der Waals surface area contributed by atoms with Crippen molar-refractivity contribution in [2.24, 2.45) is 5.16 Å². The molecule has 0 spiro atoms. The van der Waals surface area contributed by atoms with Gasteiger partial charge in [0, 0.05) is 5.56 Å². The third kappa shape index (κ3) is 7.19. The molecule has 6 nitrogen and oxygen atoms in total. The van der Waals surface area contributed by atoms with Crippen LogP contribution in [-0.4, -0.2) is 23.9 Å². The first-order valence-corrected chi connectivity index (χ1v) is 9.87. The summed E-state index contributed by atoms with van der Waals surface area (Å²) >= 11 is 0. The van der Waals surface area contributed by atoms with Gasteiger partial charge in [0.2, 0.25) is 6.61 Å². The van der Waals surface area contributed by atoms with Crippen LogP contribution in [0.3, 0.4) is 0 Å². The van der Waals surface area contributed by atoms with Gasteiger partial charge in [-0.1, -0.05) is 64.8 Å². The molecule has 0 atom stereocenters. The van der Waals surface area contributed by atoms with Gasteiger partial charge in [0.05, 0.1) is 6.21 Å². The maximum Gasteiger partial charge on any atom is 0.344 e. The van der Waals surface area contributed by atoms with Gasteiger partial charge < -0.3 is 19.4 Å². The third-order valence-electron chi connectivity index (χ3n) is 4.39. The number of ether oxygens (including phenoxy) is 2. The van der Waals surface area contributed by atoms with Crippen molar-refractivity contribution < 1.29 is 24.2 Å². The fourth-order valence-electron chi connectivity index (χ4n) is 2.95. The summed E-state index contributed by atoms with van der Waals surface area (Å²) in [6.45, 7) is 4.38. The van der Waals surface area contributed by atoms with E-state index in [1.165, 1.54) is 11.8 Å². The maximum atomic E-state index is 10.5. The predicted molar refractivity (Wildman–Crippen MR) is 119 cm³/mol. The second-order valence-electron chi connectivity index (χ2n) is 7.16. The molecule has 0 radical (unpaired) electrons. The van der Waals surface area contributed by atoms with E-state index in [2.05, 4.69) is 17.3 Å². The molecule has 3 aromatic rings. The summed E-state index contributed by atoms with van der Waals surface area (Å²) in [6.07, 6.45) is 1.44. The summed E-state index contributed by atoms with van der Waals surface area (Å²) in [6, 6.07) is 21.6. The highest BCUT2D eigenvalue weighted by Crippen LogP contribution is 2.30. The second kappa shape index (κ2) is 10.8. The molecule has 31 heavy (non-hydrogen) atoms. The van der Waals surface area contributed by atoms with Crippen molar-refractivity contribution in [2.75, 3.05) is 6.61 Å². The highest BCUT2D eigenvalue weighted by Gasteiger charge is 2.08. The van der Waals surface area contributed by atoms with E-state index in [4.69, 9.17) is 19.4 Å². The predicted octanol–water partition coefficient (Wildman–Crippen LogP) is 4.90. The van der Waals surface area contributed by atoms with Gasteiger partial charge in [-0.2, -0.15) is 0 Å². The van der Waals surface area contributed by atoms with Gasteiger partial charge in [0.15, 0.2) is 11.5 Å². The normalized spacial score (nSPS) is 10.8. The molecule has 0 saturated heterocycles. The van der Waals surface area contributed by atoms with Crippen LogP contribution >= 0.6 is 0 Å². The molecule has 6 heteroatoms. The molecule has 0 unspecified atom stereocenters. The number of carboxylic acid groups (broad SMARTS) is 1. The van der Waals surface area contributed by atoms with Crippen molar-refractivity contribution in [3.63, 3.8) is 0 Å². The quantitative estimate of drug-likeness (QED) is 0.374. The van der Waals surface area contributed by atoms with Gasteiger partial charge in [-0.15, -0.1) is 0 Å². The number of hydrogen-bond acceptors (Lipinski definition) is 5. The summed E-state index contributed by atoms with van der Waals surface area (Å²) < 4.78 is 12.1. The van der Waals surface area contributed by atoms with Crippen molar-refractivity contribution in [3.8, 4) is 11.5 Å². The topological polar surface area (TPSA) is 77.4 Å². The van der Waals surface area contributed by atoms with Gasteiger partial charge >= 0.3 is 5.97 Å². The number of oxime groups is 1. The minimum atomic E-state index is -1.08. The van der Waals surface area contributed by atoms with Gasteiger partial charge in [-0.05, 0) is 43.2 Å². The lowest BCUT2D eigenvalue weighted by atomic mass is 10.1. The van der Waals surface area contributed by atoms with Crippen molar-refractivity contribution in [2.45, 2.75) is 27.1 Å². The largest absolute Gasteiger partial charge is 0.485 e. The Hall–Kier alpha value is -3.80. The van der Waals surface area contributed by atoms with E-state index in [9.17, 15) is 4.79 Å². The number of carboxylic acids is 1. The number of benzene rings is 3. The van der Waals surface area contributed by atoms with Crippen molar-refractivity contribution >= 4 is 12.2 Å². The number of aryl methyl sites for hydroxylation is 2. The lowest BCUT2D eigenvalue weighted by Crippen LogP contribution is -2.03.